The number of anilines is 1. The highest BCUT2D eigenvalue weighted by Gasteiger charge is 2.25. The molecule has 0 unspecified atom stereocenters. The lowest BCUT2D eigenvalue weighted by Crippen LogP contribution is -2.40. The minimum atomic E-state index is 0.0154. The predicted molar refractivity (Wildman–Crippen MR) is 98.0 cm³/mol. The van der Waals surface area contributed by atoms with Crippen molar-refractivity contribution in [3.8, 4) is 5.82 Å². The van der Waals surface area contributed by atoms with Crippen LogP contribution in [-0.2, 0) is 11.3 Å². The number of amides is 1. The smallest absolute Gasteiger partial charge is 0.223 e. The molecule has 0 aliphatic carbocycles. The van der Waals surface area contributed by atoms with Crippen molar-refractivity contribution in [2.45, 2.75) is 19.4 Å². The summed E-state index contributed by atoms with van der Waals surface area (Å²) in [5.41, 5.74) is 0.866. The molecule has 4 rings (SSSR count). The van der Waals surface area contributed by atoms with Crippen LogP contribution in [0.15, 0.2) is 49.4 Å². The van der Waals surface area contributed by atoms with Gasteiger partial charge in [0.15, 0.2) is 5.82 Å². The zero-order valence-electron chi connectivity index (χ0n) is 14.8. The molecule has 9 heteroatoms. The molecule has 0 radical (unpaired) electrons. The van der Waals surface area contributed by atoms with E-state index in [0.717, 1.165) is 37.4 Å². The fourth-order valence-corrected chi connectivity index (χ4v) is 3.16. The van der Waals surface area contributed by atoms with E-state index in [4.69, 9.17) is 0 Å². The van der Waals surface area contributed by atoms with E-state index in [0.29, 0.717) is 12.4 Å². The maximum atomic E-state index is 12.4. The fraction of sp³-hybridized carbons (Fsp3) is 0.333. The van der Waals surface area contributed by atoms with Crippen molar-refractivity contribution >= 4 is 11.7 Å². The molecule has 3 aromatic heterocycles. The molecule has 0 bridgehead atoms. The number of aromatic nitrogens is 6. The molecule has 1 aliphatic rings. The first kappa shape index (κ1) is 17.1. The average Bonchev–Trinajstić information content (AvgIpc) is 3.28. The Balaban J connectivity index is 1.32. The molecule has 0 spiro atoms. The summed E-state index contributed by atoms with van der Waals surface area (Å²) in [6.07, 6.45) is 7.90. The zero-order valence-corrected chi connectivity index (χ0v) is 14.8. The van der Waals surface area contributed by atoms with Crippen LogP contribution >= 0.6 is 0 Å². The van der Waals surface area contributed by atoms with Crippen LogP contribution in [0, 0.1) is 5.92 Å². The number of rotatable bonds is 5. The van der Waals surface area contributed by atoms with Gasteiger partial charge in [0, 0.05) is 31.3 Å². The molecule has 3 aromatic rings. The zero-order chi connectivity index (χ0) is 18.5. The molecule has 0 atom stereocenters. The van der Waals surface area contributed by atoms with Crippen molar-refractivity contribution < 1.29 is 4.79 Å². The molecule has 4 heterocycles. The summed E-state index contributed by atoms with van der Waals surface area (Å²) in [7, 11) is 0. The van der Waals surface area contributed by atoms with E-state index >= 15 is 0 Å². The summed E-state index contributed by atoms with van der Waals surface area (Å²) in [6.45, 7) is 2.01. The monoisotopic (exact) mass is 364 g/mol. The second-order valence-corrected chi connectivity index (χ2v) is 6.37. The lowest BCUT2D eigenvalue weighted by atomic mass is 9.96. The number of nitrogens with zero attached hydrogens (tertiary/aromatic N) is 7. The number of pyridine rings is 1. The molecule has 1 N–H and O–H groups in total. The van der Waals surface area contributed by atoms with Gasteiger partial charge in [0.1, 0.15) is 24.8 Å². The van der Waals surface area contributed by atoms with E-state index in [-0.39, 0.29) is 11.8 Å². The molecule has 9 nitrogen and oxygen atoms in total. The number of carbonyl (C=O) groups is 1. The molecular formula is C18H20N8O. The van der Waals surface area contributed by atoms with Crippen LogP contribution in [0.4, 0.5) is 5.82 Å². The van der Waals surface area contributed by atoms with Gasteiger partial charge in [0.05, 0.1) is 12.2 Å². The summed E-state index contributed by atoms with van der Waals surface area (Å²) in [5.74, 6) is 1.61. The van der Waals surface area contributed by atoms with Gasteiger partial charge in [0.2, 0.25) is 5.91 Å². The first-order chi connectivity index (χ1) is 13.3. The third kappa shape index (κ3) is 4.08. The molecule has 1 saturated heterocycles. The molecule has 1 aliphatic heterocycles. The van der Waals surface area contributed by atoms with Crippen molar-refractivity contribution in [2.75, 3.05) is 18.0 Å². The highest BCUT2D eigenvalue weighted by molar-refractivity contribution is 5.78. The van der Waals surface area contributed by atoms with Crippen molar-refractivity contribution in [1.29, 1.82) is 0 Å². The van der Waals surface area contributed by atoms with Gasteiger partial charge in [-0.05, 0) is 25.0 Å². The van der Waals surface area contributed by atoms with E-state index in [1.165, 1.54) is 12.7 Å². The predicted octanol–water partition coefficient (Wildman–Crippen LogP) is 0.985. The number of nitrogens with one attached hydrogen (secondary N) is 1. The van der Waals surface area contributed by atoms with Gasteiger partial charge in [-0.3, -0.25) is 9.78 Å². The van der Waals surface area contributed by atoms with Crippen LogP contribution in [0.1, 0.15) is 18.5 Å². The molecule has 0 saturated carbocycles. The quantitative estimate of drug-likeness (QED) is 0.720. The van der Waals surface area contributed by atoms with Crippen LogP contribution in [0.25, 0.3) is 5.82 Å². The summed E-state index contributed by atoms with van der Waals surface area (Å²) in [5, 5.41) is 7.08. The van der Waals surface area contributed by atoms with Crippen LogP contribution < -0.4 is 10.2 Å². The number of carbonyl (C=O) groups excluding carboxylic acids is 1. The topological polar surface area (TPSA) is 102 Å². The van der Waals surface area contributed by atoms with E-state index in [2.05, 4.69) is 35.3 Å². The Bertz CT molecular complexity index is 875. The third-order valence-electron chi connectivity index (χ3n) is 4.65. The first-order valence-corrected chi connectivity index (χ1v) is 8.89. The Morgan fingerprint density at radius 2 is 1.96 bits per heavy atom. The minimum absolute atomic E-state index is 0.0154. The van der Waals surface area contributed by atoms with Crippen LogP contribution in [0.3, 0.4) is 0 Å². The van der Waals surface area contributed by atoms with E-state index in [1.54, 1.807) is 17.2 Å². The third-order valence-corrected chi connectivity index (χ3v) is 4.65. The largest absolute Gasteiger partial charge is 0.356 e. The van der Waals surface area contributed by atoms with Gasteiger partial charge in [0.25, 0.3) is 0 Å². The summed E-state index contributed by atoms with van der Waals surface area (Å²) in [6, 6.07) is 7.57. The van der Waals surface area contributed by atoms with Crippen molar-refractivity contribution in [3.05, 3.63) is 55.1 Å². The lowest BCUT2D eigenvalue weighted by molar-refractivity contribution is -0.125. The second kappa shape index (κ2) is 7.90. The second-order valence-electron chi connectivity index (χ2n) is 6.37. The van der Waals surface area contributed by atoms with E-state index < -0.39 is 0 Å². The molecular weight excluding hydrogens is 344 g/mol. The molecule has 0 aromatic carbocycles. The van der Waals surface area contributed by atoms with Crippen molar-refractivity contribution in [1.82, 2.24) is 35.0 Å². The average molecular weight is 364 g/mol. The van der Waals surface area contributed by atoms with Crippen LogP contribution in [0.2, 0.25) is 0 Å². The van der Waals surface area contributed by atoms with Gasteiger partial charge in [-0.25, -0.2) is 19.6 Å². The summed E-state index contributed by atoms with van der Waals surface area (Å²) in [4.78, 5) is 31.3. The maximum Gasteiger partial charge on any atom is 0.223 e. The summed E-state index contributed by atoms with van der Waals surface area (Å²) < 4.78 is 1.60. The summed E-state index contributed by atoms with van der Waals surface area (Å²) >= 11 is 0. The van der Waals surface area contributed by atoms with Crippen molar-refractivity contribution in [2.24, 2.45) is 5.92 Å². The normalized spacial score (nSPS) is 14.9. The Labute approximate surface area is 156 Å². The number of hydrogen-bond acceptors (Lipinski definition) is 7. The highest BCUT2D eigenvalue weighted by atomic mass is 16.1. The van der Waals surface area contributed by atoms with Gasteiger partial charge in [-0.15, -0.1) is 0 Å². The van der Waals surface area contributed by atoms with Crippen LogP contribution in [0.5, 0.6) is 0 Å². The SMILES string of the molecule is O=C(NCc1ccccn1)C1CCN(c2cc(-n3cncn3)ncn2)CC1. The Hall–Kier alpha value is -3.36. The molecule has 138 valence electrons. The van der Waals surface area contributed by atoms with Crippen molar-refractivity contribution in [3.63, 3.8) is 0 Å². The van der Waals surface area contributed by atoms with Gasteiger partial charge < -0.3 is 10.2 Å². The van der Waals surface area contributed by atoms with Gasteiger partial charge in [-0.2, -0.15) is 5.10 Å². The van der Waals surface area contributed by atoms with Gasteiger partial charge in [-0.1, -0.05) is 6.07 Å². The van der Waals surface area contributed by atoms with Crippen LogP contribution in [-0.4, -0.2) is 48.7 Å². The fourth-order valence-electron chi connectivity index (χ4n) is 3.16. The molecule has 1 fully saturated rings. The first-order valence-electron chi connectivity index (χ1n) is 8.89. The Kier molecular flexibility index (Phi) is 4.99. The number of piperidine rings is 1. The molecule has 1 amide bonds. The Morgan fingerprint density at radius 3 is 2.70 bits per heavy atom. The minimum Gasteiger partial charge on any atom is -0.356 e. The van der Waals surface area contributed by atoms with Gasteiger partial charge >= 0.3 is 0 Å². The van der Waals surface area contributed by atoms with E-state index in [1.807, 2.05) is 24.3 Å². The standard InChI is InChI=1S/C18H20N8O/c27-18(21-10-15-3-1-2-6-20-15)14-4-7-25(8-5-14)16-9-17(23-12-22-16)26-13-19-11-24-26/h1-3,6,9,11-14H,4-5,7-8,10H2,(H,21,27). The lowest BCUT2D eigenvalue weighted by Gasteiger charge is -2.32. The highest BCUT2D eigenvalue weighted by Crippen LogP contribution is 2.22. The maximum absolute atomic E-state index is 12.4. The molecule has 27 heavy (non-hydrogen) atoms. The Morgan fingerprint density at radius 1 is 1.11 bits per heavy atom. The van der Waals surface area contributed by atoms with E-state index in [9.17, 15) is 4.79 Å². The number of hydrogen-bond donors (Lipinski definition) is 1.